The second-order valence-electron chi connectivity index (χ2n) is 3.42. The minimum absolute atomic E-state index is 0.221. The summed E-state index contributed by atoms with van der Waals surface area (Å²) in [7, 11) is 0. The lowest BCUT2D eigenvalue weighted by molar-refractivity contribution is 0.292. The number of nitrogens with one attached hydrogen (secondary N) is 1. The summed E-state index contributed by atoms with van der Waals surface area (Å²) in [5, 5.41) is 12.7. The van der Waals surface area contributed by atoms with Crippen molar-refractivity contribution in [2.75, 3.05) is 18.5 Å². The van der Waals surface area contributed by atoms with Crippen molar-refractivity contribution >= 4 is 17.3 Å². The first-order chi connectivity index (χ1) is 6.65. The zero-order valence-electron chi connectivity index (χ0n) is 8.60. The molecule has 0 radical (unpaired) electrons. The fraction of sp³-hybridized carbons (Fsp3) is 0.455. The van der Waals surface area contributed by atoms with Crippen LogP contribution >= 0.6 is 11.6 Å². The van der Waals surface area contributed by atoms with Gasteiger partial charge in [-0.3, -0.25) is 0 Å². The van der Waals surface area contributed by atoms with Crippen LogP contribution in [0.25, 0.3) is 0 Å². The van der Waals surface area contributed by atoms with Gasteiger partial charge in [0, 0.05) is 23.9 Å². The van der Waals surface area contributed by atoms with Crippen molar-refractivity contribution in [3.05, 3.63) is 28.3 Å². The molecule has 2 N–H and O–H groups in total. The summed E-state index contributed by atoms with van der Waals surface area (Å²) >= 11 is 5.92. The molecule has 1 aromatic rings. The molecule has 3 heteroatoms. The Morgan fingerprint density at radius 3 is 2.36 bits per heavy atom. The van der Waals surface area contributed by atoms with E-state index in [0.717, 1.165) is 34.8 Å². The minimum atomic E-state index is 0.221. The second-order valence-corrected chi connectivity index (χ2v) is 3.85. The van der Waals surface area contributed by atoms with E-state index in [1.165, 1.54) is 0 Å². The first-order valence-electron chi connectivity index (χ1n) is 4.76. The minimum Gasteiger partial charge on any atom is -0.396 e. The van der Waals surface area contributed by atoms with E-state index in [4.69, 9.17) is 16.7 Å². The van der Waals surface area contributed by atoms with Crippen molar-refractivity contribution in [2.24, 2.45) is 0 Å². The number of aliphatic hydroxyl groups excluding tert-OH is 1. The van der Waals surface area contributed by atoms with Crippen LogP contribution in [0.3, 0.4) is 0 Å². The normalized spacial score (nSPS) is 10.3. The second kappa shape index (κ2) is 5.23. The Balaban J connectivity index is 2.75. The number of aryl methyl sites for hydroxylation is 2. The Bertz CT molecular complexity index is 289. The topological polar surface area (TPSA) is 32.3 Å². The average molecular weight is 214 g/mol. The monoisotopic (exact) mass is 213 g/mol. The van der Waals surface area contributed by atoms with Crippen LogP contribution in [0.1, 0.15) is 17.5 Å². The highest BCUT2D eigenvalue weighted by molar-refractivity contribution is 6.30. The number of anilines is 1. The van der Waals surface area contributed by atoms with Crippen molar-refractivity contribution in [1.82, 2.24) is 0 Å². The van der Waals surface area contributed by atoms with Crippen LogP contribution in [0.15, 0.2) is 12.1 Å². The van der Waals surface area contributed by atoms with Gasteiger partial charge in [-0.25, -0.2) is 0 Å². The van der Waals surface area contributed by atoms with Gasteiger partial charge in [0.2, 0.25) is 0 Å². The fourth-order valence-electron chi connectivity index (χ4n) is 1.48. The van der Waals surface area contributed by atoms with E-state index >= 15 is 0 Å². The fourth-order valence-corrected chi connectivity index (χ4v) is 1.81. The van der Waals surface area contributed by atoms with Crippen molar-refractivity contribution in [3.63, 3.8) is 0 Å². The number of hydrogen-bond acceptors (Lipinski definition) is 2. The zero-order chi connectivity index (χ0) is 10.6. The number of benzene rings is 1. The first-order valence-corrected chi connectivity index (χ1v) is 5.14. The quantitative estimate of drug-likeness (QED) is 0.754. The summed E-state index contributed by atoms with van der Waals surface area (Å²) in [6.45, 7) is 5.07. The van der Waals surface area contributed by atoms with E-state index in [0.29, 0.717) is 0 Å². The van der Waals surface area contributed by atoms with Gasteiger partial charge in [-0.15, -0.1) is 0 Å². The van der Waals surface area contributed by atoms with Crippen LogP contribution < -0.4 is 5.32 Å². The molecule has 0 aliphatic carbocycles. The van der Waals surface area contributed by atoms with Gasteiger partial charge in [0.1, 0.15) is 0 Å². The maximum Gasteiger partial charge on any atom is 0.0447 e. The highest BCUT2D eigenvalue weighted by Gasteiger charge is 2.02. The summed E-state index contributed by atoms with van der Waals surface area (Å²) in [5.74, 6) is 0. The third-order valence-corrected chi connectivity index (χ3v) is 2.35. The smallest absolute Gasteiger partial charge is 0.0447 e. The maximum absolute atomic E-state index is 8.67. The SMILES string of the molecule is Cc1cc(Cl)cc(C)c1NCCCO. The van der Waals surface area contributed by atoms with Gasteiger partial charge in [-0.05, 0) is 43.5 Å². The van der Waals surface area contributed by atoms with Crippen molar-refractivity contribution in [1.29, 1.82) is 0 Å². The van der Waals surface area contributed by atoms with Gasteiger partial charge in [0.05, 0.1) is 0 Å². The predicted molar refractivity (Wildman–Crippen MR) is 61.1 cm³/mol. The lowest BCUT2D eigenvalue weighted by Crippen LogP contribution is -2.06. The molecule has 0 aliphatic rings. The Morgan fingerprint density at radius 2 is 1.86 bits per heavy atom. The van der Waals surface area contributed by atoms with E-state index in [-0.39, 0.29) is 6.61 Å². The summed E-state index contributed by atoms with van der Waals surface area (Å²) in [6, 6.07) is 3.88. The number of halogens is 1. The van der Waals surface area contributed by atoms with E-state index in [9.17, 15) is 0 Å². The molecule has 14 heavy (non-hydrogen) atoms. The molecule has 1 rings (SSSR count). The largest absolute Gasteiger partial charge is 0.396 e. The van der Waals surface area contributed by atoms with Crippen LogP contribution in [0, 0.1) is 13.8 Å². The van der Waals surface area contributed by atoms with Crippen LogP contribution in [0.2, 0.25) is 5.02 Å². The summed E-state index contributed by atoms with van der Waals surface area (Å²) in [5.41, 5.74) is 3.42. The molecule has 0 aromatic heterocycles. The van der Waals surface area contributed by atoms with Crippen LogP contribution in [0.5, 0.6) is 0 Å². The Morgan fingerprint density at radius 1 is 1.29 bits per heavy atom. The first kappa shape index (κ1) is 11.3. The lowest BCUT2D eigenvalue weighted by atomic mass is 10.1. The molecule has 78 valence electrons. The van der Waals surface area contributed by atoms with Crippen LogP contribution in [-0.2, 0) is 0 Å². The third kappa shape index (κ3) is 2.89. The summed E-state index contributed by atoms with van der Waals surface area (Å²) in [6.07, 6.45) is 0.765. The molecular weight excluding hydrogens is 198 g/mol. The molecule has 0 fully saturated rings. The molecule has 1 aromatic carbocycles. The van der Waals surface area contributed by atoms with Gasteiger partial charge in [-0.2, -0.15) is 0 Å². The van der Waals surface area contributed by atoms with Gasteiger partial charge in [0.15, 0.2) is 0 Å². The molecule has 0 saturated carbocycles. The number of rotatable bonds is 4. The van der Waals surface area contributed by atoms with Crippen LogP contribution in [-0.4, -0.2) is 18.3 Å². The highest BCUT2D eigenvalue weighted by atomic mass is 35.5. The molecular formula is C11H16ClNO. The Kier molecular flexibility index (Phi) is 4.23. The van der Waals surface area contributed by atoms with Crippen molar-refractivity contribution in [3.8, 4) is 0 Å². The van der Waals surface area contributed by atoms with Gasteiger partial charge >= 0.3 is 0 Å². The average Bonchev–Trinajstić information content (AvgIpc) is 2.09. The van der Waals surface area contributed by atoms with E-state index in [2.05, 4.69) is 5.32 Å². The predicted octanol–water partition coefficient (Wildman–Crippen LogP) is 2.75. The number of aliphatic hydroxyl groups is 1. The van der Waals surface area contributed by atoms with Crippen molar-refractivity contribution in [2.45, 2.75) is 20.3 Å². The molecule has 0 atom stereocenters. The number of hydrogen-bond donors (Lipinski definition) is 2. The standard InChI is InChI=1S/C11H16ClNO/c1-8-6-10(12)7-9(2)11(8)13-4-3-5-14/h6-7,13-14H,3-5H2,1-2H3. The van der Waals surface area contributed by atoms with Gasteiger partial charge < -0.3 is 10.4 Å². The van der Waals surface area contributed by atoms with E-state index in [1.54, 1.807) is 0 Å². The molecule has 0 bridgehead atoms. The summed E-state index contributed by atoms with van der Waals surface area (Å²) < 4.78 is 0. The molecule has 0 unspecified atom stereocenters. The summed E-state index contributed by atoms with van der Waals surface area (Å²) in [4.78, 5) is 0. The Hall–Kier alpha value is -0.730. The van der Waals surface area contributed by atoms with E-state index < -0.39 is 0 Å². The van der Waals surface area contributed by atoms with Gasteiger partial charge in [-0.1, -0.05) is 11.6 Å². The third-order valence-electron chi connectivity index (χ3n) is 2.13. The lowest BCUT2D eigenvalue weighted by Gasteiger charge is -2.12. The van der Waals surface area contributed by atoms with Crippen molar-refractivity contribution < 1.29 is 5.11 Å². The molecule has 2 nitrogen and oxygen atoms in total. The van der Waals surface area contributed by atoms with Crippen LogP contribution in [0.4, 0.5) is 5.69 Å². The maximum atomic E-state index is 8.67. The molecule has 0 amide bonds. The molecule has 0 heterocycles. The molecule has 0 spiro atoms. The molecule has 0 aliphatic heterocycles. The van der Waals surface area contributed by atoms with Gasteiger partial charge in [0.25, 0.3) is 0 Å². The molecule has 0 saturated heterocycles. The van der Waals surface area contributed by atoms with E-state index in [1.807, 2.05) is 26.0 Å². The zero-order valence-corrected chi connectivity index (χ0v) is 9.36. The Labute approximate surface area is 89.9 Å². The highest BCUT2D eigenvalue weighted by Crippen LogP contribution is 2.24.